The minimum absolute atomic E-state index is 0.000123. The molecular formula is C37H49N7O4. The molecule has 3 N–H and O–H groups in total. The first-order valence-electron chi connectivity index (χ1n) is 17.6. The smallest absolute Gasteiger partial charge is 0.254 e. The summed E-state index contributed by atoms with van der Waals surface area (Å²) in [5, 5.41) is 4.22. The molecular weight excluding hydrogens is 606 g/mol. The third kappa shape index (κ3) is 6.18. The lowest BCUT2D eigenvalue weighted by molar-refractivity contribution is -0.130. The molecule has 1 aromatic carbocycles. The highest BCUT2D eigenvalue weighted by Crippen LogP contribution is 2.36. The Morgan fingerprint density at radius 1 is 1.04 bits per heavy atom. The number of nitrogens with two attached hydrogens (primary N) is 1. The molecule has 1 saturated heterocycles. The van der Waals surface area contributed by atoms with Gasteiger partial charge in [-0.2, -0.15) is 0 Å². The first-order valence-corrected chi connectivity index (χ1v) is 17.6. The molecule has 1 aliphatic carbocycles. The Kier molecular flexibility index (Phi) is 8.70. The van der Waals surface area contributed by atoms with Crippen molar-refractivity contribution in [3.63, 3.8) is 0 Å². The number of methoxy groups -OCH3 is 1. The molecule has 256 valence electrons. The Morgan fingerprint density at radius 2 is 1.83 bits per heavy atom. The molecule has 48 heavy (non-hydrogen) atoms. The fourth-order valence-electron chi connectivity index (χ4n) is 7.33. The van der Waals surface area contributed by atoms with Gasteiger partial charge in [0.25, 0.3) is 5.91 Å². The highest BCUT2D eigenvalue weighted by Gasteiger charge is 2.35. The number of fused-ring (bicyclic) bond motifs is 2. The normalized spacial score (nSPS) is 23.8. The van der Waals surface area contributed by atoms with E-state index in [0.29, 0.717) is 36.0 Å². The summed E-state index contributed by atoms with van der Waals surface area (Å²) < 4.78 is 16.3. The number of hydrogen-bond acceptors (Lipinski definition) is 7. The van der Waals surface area contributed by atoms with Crippen LogP contribution in [0.5, 0.6) is 5.75 Å². The zero-order valence-corrected chi connectivity index (χ0v) is 28.9. The monoisotopic (exact) mass is 655 g/mol. The Balaban J connectivity index is 1.24. The number of aromatic nitrogens is 4. The molecule has 11 nitrogen and oxygen atoms in total. The van der Waals surface area contributed by atoms with Crippen LogP contribution in [0.15, 0.2) is 30.3 Å². The topological polar surface area (TPSA) is 130 Å². The summed E-state index contributed by atoms with van der Waals surface area (Å²) in [7, 11) is 3.62. The average molecular weight is 656 g/mol. The first-order chi connectivity index (χ1) is 23.0. The van der Waals surface area contributed by atoms with E-state index >= 15 is 0 Å². The standard InChI is InChI=1S/C37H49N7O4/c1-22-27-13-10-23-19-29(44(33(23)40-27)16-9-7-6-8-15-37(2,3)36(46)39-22)34-41-28-18-24(20-31(47-5)32(28)42(34)4)35(45)43-17-14-30(26(38)21-43)48-25-11-12-25/h10,13,18-20,22,25-26,30H,6-9,11-12,14-17,21,38H2,1-5H3,(H,39,46)/t22-,26?,30?/m1/s1. The summed E-state index contributed by atoms with van der Waals surface area (Å²) in [5.74, 6) is 1.35. The second kappa shape index (κ2) is 12.8. The van der Waals surface area contributed by atoms with Crippen LogP contribution in [0, 0.1) is 5.41 Å². The zero-order valence-electron chi connectivity index (χ0n) is 28.9. The fraction of sp³-hybridized carbons (Fsp3) is 0.568. The number of ether oxygens (including phenoxy) is 2. The maximum atomic E-state index is 13.8. The number of amides is 2. The Morgan fingerprint density at radius 3 is 2.58 bits per heavy atom. The van der Waals surface area contributed by atoms with Crippen molar-refractivity contribution >= 4 is 33.9 Å². The van der Waals surface area contributed by atoms with Crippen molar-refractivity contribution in [2.24, 2.45) is 18.2 Å². The van der Waals surface area contributed by atoms with E-state index in [2.05, 4.69) is 22.0 Å². The van der Waals surface area contributed by atoms with Crippen LogP contribution in [0.25, 0.3) is 33.6 Å². The van der Waals surface area contributed by atoms with Crippen molar-refractivity contribution in [1.29, 1.82) is 0 Å². The van der Waals surface area contributed by atoms with Gasteiger partial charge in [-0.1, -0.05) is 33.1 Å². The van der Waals surface area contributed by atoms with Crippen LogP contribution in [-0.2, 0) is 23.1 Å². The van der Waals surface area contributed by atoms with Crippen molar-refractivity contribution < 1.29 is 19.1 Å². The zero-order chi connectivity index (χ0) is 33.7. The van der Waals surface area contributed by atoms with Gasteiger partial charge in [-0.25, -0.2) is 9.97 Å². The molecule has 5 heterocycles. The second-order valence-electron chi connectivity index (χ2n) is 14.7. The molecule has 4 aromatic rings. The Bertz CT molecular complexity index is 1860. The molecule has 0 radical (unpaired) electrons. The van der Waals surface area contributed by atoms with E-state index < -0.39 is 5.41 Å². The number of carbonyl (C=O) groups excluding carboxylic acids is 2. The summed E-state index contributed by atoms with van der Waals surface area (Å²) in [6.45, 7) is 7.92. The third-order valence-electron chi connectivity index (χ3n) is 10.5. The summed E-state index contributed by atoms with van der Waals surface area (Å²) in [5.41, 5.74) is 10.8. The van der Waals surface area contributed by atoms with Crippen molar-refractivity contribution in [3.8, 4) is 17.3 Å². The van der Waals surface area contributed by atoms with Crippen LogP contribution in [0.2, 0.25) is 0 Å². The predicted octanol–water partition coefficient (Wildman–Crippen LogP) is 5.49. The number of benzene rings is 1. The van der Waals surface area contributed by atoms with Gasteiger partial charge in [-0.3, -0.25) is 9.59 Å². The minimum atomic E-state index is -0.421. The molecule has 2 fully saturated rings. The lowest BCUT2D eigenvalue weighted by atomic mass is 9.85. The number of hydrogen-bond donors (Lipinski definition) is 2. The molecule has 2 amide bonds. The molecule has 3 aliphatic rings. The van der Waals surface area contributed by atoms with Crippen LogP contribution in [0.3, 0.4) is 0 Å². The lowest BCUT2D eigenvalue weighted by Gasteiger charge is -2.36. The van der Waals surface area contributed by atoms with Gasteiger partial charge in [0.15, 0.2) is 5.82 Å². The molecule has 2 bridgehead atoms. The summed E-state index contributed by atoms with van der Waals surface area (Å²) in [4.78, 5) is 39.0. The van der Waals surface area contributed by atoms with Crippen LogP contribution >= 0.6 is 0 Å². The van der Waals surface area contributed by atoms with Gasteiger partial charge in [0.2, 0.25) is 5.91 Å². The molecule has 2 aliphatic heterocycles. The first kappa shape index (κ1) is 32.6. The molecule has 11 heteroatoms. The number of nitrogens with zero attached hydrogens (tertiary/aromatic N) is 5. The highest BCUT2D eigenvalue weighted by atomic mass is 16.5. The molecule has 2 unspecified atom stereocenters. The Hall–Kier alpha value is -3.96. The fourth-order valence-corrected chi connectivity index (χ4v) is 7.33. The molecule has 1 saturated carbocycles. The van der Waals surface area contributed by atoms with Crippen molar-refractivity contribution in [3.05, 3.63) is 41.6 Å². The number of imidazole rings is 1. The summed E-state index contributed by atoms with van der Waals surface area (Å²) in [6.07, 6.45) is 8.25. The molecule has 3 aromatic heterocycles. The number of carbonyl (C=O) groups is 2. The van der Waals surface area contributed by atoms with Crippen molar-refractivity contribution in [2.75, 3.05) is 20.2 Å². The quantitative estimate of drug-likeness (QED) is 0.291. The number of piperidine rings is 1. The van der Waals surface area contributed by atoms with Gasteiger partial charge in [0.1, 0.15) is 16.9 Å². The van der Waals surface area contributed by atoms with E-state index in [-0.39, 0.29) is 30.0 Å². The number of likely N-dealkylation sites (tertiary alicyclic amines) is 1. The Labute approximate surface area is 282 Å². The van der Waals surface area contributed by atoms with E-state index in [4.69, 9.17) is 25.2 Å². The highest BCUT2D eigenvalue weighted by molar-refractivity contribution is 6.00. The summed E-state index contributed by atoms with van der Waals surface area (Å²) >= 11 is 0. The van der Waals surface area contributed by atoms with Crippen molar-refractivity contribution in [2.45, 2.75) is 103 Å². The van der Waals surface area contributed by atoms with Crippen LogP contribution in [0.1, 0.15) is 94.2 Å². The third-order valence-corrected chi connectivity index (χ3v) is 10.5. The average Bonchev–Trinajstić information content (AvgIpc) is 3.73. The predicted molar refractivity (Wildman–Crippen MR) is 186 cm³/mol. The maximum Gasteiger partial charge on any atom is 0.254 e. The van der Waals surface area contributed by atoms with Gasteiger partial charge >= 0.3 is 0 Å². The van der Waals surface area contributed by atoms with Gasteiger partial charge in [0.05, 0.1) is 42.3 Å². The van der Waals surface area contributed by atoms with E-state index in [1.54, 1.807) is 7.11 Å². The van der Waals surface area contributed by atoms with E-state index in [1.807, 2.05) is 55.5 Å². The number of rotatable bonds is 5. The van der Waals surface area contributed by atoms with Gasteiger partial charge in [0, 0.05) is 49.1 Å². The largest absolute Gasteiger partial charge is 0.494 e. The molecule has 0 spiro atoms. The summed E-state index contributed by atoms with van der Waals surface area (Å²) in [6, 6.07) is 9.49. The van der Waals surface area contributed by atoms with E-state index in [0.717, 1.165) is 91.7 Å². The SMILES string of the molecule is COc1cc(C(=O)N2CCC(OC3CC3)C(N)C2)cc2nc(-c3cc4ccc5nc4n3CCCCCCC(C)(C)C(=O)N[C@@H]5C)n(C)c12. The second-order valence-corrected chi connectivity index (χ2v) is 14.7. The molecule has 3 atom stereocenters. The number of aryl methyl sites for hydroxylation is 2. The van der Waals surface area contributed by atoms with Gasteiger partial charge in [-0.05, 0) is 69.4 Å². The molecule has 7 rings (SSSR count). The van der Waals surface area contributed by atoms with Crippen molar-refractivity contribution in [1.82, 2.24) is 29.3 Å². The number of pyridine rings is 1. The maximum absolute atomic E-state index is 13.8. The van der Waals surface area contributed by atoms with Crippen LogP contribution in [0.4, 0.5) is 0 Å². The van der Waals surface area contributed by atoms with E-state index in [1.165, 1.54) is 0 Å². The van der Waals surface area contributed by atoms with Gasteiger partial charge < -0.3 is 34.6 Å². The van der Waals surface area contributed by atoms with Gasteiger partial charge in [-0.15, -0.1) is 0 Å². The minimum Gasteiger partial charge on any atom is -0.494 e. The van der Waals surface area contributed by atoms with E-state index in [9.17, 15) is 9.59 Å². The lowest BCUT2D eigenvalue weighted by Crippen LogP contribution is -2.54. The van der Waals surface area contributed by atoms with Crippen LogP contribution < -0.4 is 15.8 Å². The van der Waals surface area contributed by atoms with Crippen LogP contribution in [-0.4, -0.2) is 74.3 Å². The number of nitrogens with one attached hydrogen (secondary N) is 1.